The van der Waals surface area contributed by atoms with Crippen molar-refractivity contribution in [2.75, 3.05) is 25.0 Å². The van der Waals surface area contributed by atoms with E-state index in [1.807, 2.05) is 13.8 Å². The summed E-state index contributed by atoms with van der Waals surface area (Å²) in [6.45, 7) is 5.67. The molecule has 3 aromatic rings. The summed E-state index contributed by atoms with van der Waals surface area (Å²) in [5.74, 6) is 0.243. The number of carbonyl (C=O) groups is 1. The number of amides is 1. The monoisotopic (exact) mass is 434 g/mol. The SMILES string of the molecule is CC(C)Nc1cc(-n2ncc3cc(C#N)cnc32)ncc1C(=O)NCCC1(O)CCNC1. The average Bonchev–Trinajstić information content (AvgIpc) is 3.39. The second-order valence-corrected chi connectivity index (χ2v) is 8.35. The minimum absolute atomic E-state index is 0.0905. The highest BCUT2D eigenvalue weighted by atomic mass is 16.3. The minimum atomic E-state index is -0.770. The van der Waals surface area contributed by atoms with Gasteiger partial charge in [0.1, 0.15) is 6.07 Å². The van der Waals surface area contributed by atoms with E-state index in [1.165, 1.54) is 12.4 Å². The molecule has 1 unspecified atom stereocenters. The van der Waals surface area contributed by atoms with Gasteiger partial charge in [0.15, 0.2) is 11.5 Å². The molecule has 4 rings (SSSR count). The standard InChI is InChI=1S/C22H26N8O2/c1-14(2)29-18-8-19(30-20-16(11-28-30)7-15(9-23)10-27-20)26-12-17(18)21(31)25-6-4-22(32)3-5-24-13-22/h7-8,10-12,14,24,32H,3-6,13H2,1-2H3,(H,25,31)(H,26,29). The van der Waals surface area contributed by atoms with Crippen LogP contribution in [0.2, 0.25) is 0 Å². The number of rotatable bonds is 7. The molecule has 1 fully saturated rings. The first-order valence-corrected chi connectivity index (χ1v) is 10.6. The van der Waals surface area contributed by atoms with Gasteiger partial charge in [0, 0.05) is 43.0 Å². The fraction of sp³-hybridized carbons (Fsp3) is 0.409. The summed E-state index contributed by atoms with van der Waals surface area (Å²) in [6, 6.07) is 5.63. The first-order chi connectivity index (χ1) is 15.4. The van der Waals surface area contributed by atoms with Crippen LogP contribution in [-0.4, -0.2) is 62.0 Å². The number of aromatic nitrogens is 4. The van der Waals surface area contributed by atoms with Crippen LogP contribution in [0.5, 0.6) is 0 Å². The lowest BCUT2D eigenvalue weighted by molar-refractivity contribution is 0.0519. The Hall–Kier alpha value is -3.55. The summed E-state index contributed by atoms with van der Waals surface area (Å²) >= 11 is 0. The zero-order chi connectivity index (χ0) is 22.7. The fourth-order valence-electron chi connectivity index (χ4n) is 3.77. The highest BCUT2D eigenvalue weighted by molar-refractivity contribution is 5.99. The number of aliphatic hydroxyl groups is 1. The second-order valence-electron chi connectivity index (χ2n) is 8.35. The normalized spacial score (nSPS) is 18.1. The maximum atomic E-state index is 12.9. The van der Waals surface area contributed by atoms with Crippen LogP contribution in [0.4, 0.5) is 5.69 Å². The number of hydrogen-bond donors (Lipinski definition) is 4. The molecule has 1 aliphatic rings. The van der Waals surface area contributed by atoms with Gasteiger partial charge in [0.25, 0.3) is 5.91 Å². The van der Waals surface area contributed by atoms with Gasteiger partial charge in [-0.25, -0.2) is 9.97 Å². The van der Waals surface area contributed by atoms with Crippen LogP contribution in [0.25, 0.3) is 16.9 Å². The molecule has 4 N–H and O–H groups in total. The first-order valence-electron chi connectivity index (χ1n) is 10.6. The lowest BCUT2D eigenvalue weighted by Gasteiger charge is -2.21. The van der Waals surface area contributed by atoms with Crippen LogP contribution >= 0.6 is 0 Å². The molecule has 0 saturated carbocycles. The van der Waals surface area contributed by atoms with Crippen LogP contribution in [0.3, 0.4) is 0 Å². The van der Waals surface area contributed by atoms with E-state index in [4.69, 9.17) is 5.26 Å². The maximum Gasteiger partial charge on any atom is 0.254 e. The lowest BCUT2D eigenvalue weighted by atomic mass is 9.99. The highest BCUT2D eigenvalue weighted by Gasteiger charge is 2.30. The molecule has 166 valence electrons. The van der Waals surface area contributed by atoms with Crippen molar-refractivity contribution in [1.29, 1.82) is 5.26 Å². The van der Waals surface area contributed by atoms with Crippen molar-refractivity contribution in [3.8, 4) is 11.9 Å². The topological polar surface area (TPSA) is 141 Å². The van der Waals surface area contributed by atoms with E-state index >= 15 is 0 Å². The van der Waals surface area contributed by atoms with Gasteiger partial charge in [-0.3, -0.25) is 4.79 Å². The summed E-state index contributed by atoms with van der Waals surface area (Å²) in [7, 11) is 0. The predicted molar refractivity (Wildman–Crippen MR) is 120 cm³/mol. The van der Waals surface area contributed by atoms with Gasteiger partial charge in [-0.05, 0) is 39.3 Å². The molecule has 1 atom stereocenters. The number of nitrogens with zero attached hydrogens (tertiary/aromatic N) is 5. The van der Waals surface area contributed by atoms with Crippen LogP contribution < -0.4 is 16.0 Å². The van der Waals surface area contributed by atoms with Gasteiger partial charge in [-0.1, -0.05) is 0 Å². The Morgan fingerprint density at radius 1 is 1.34 bits per heavy atom. The number of β-amino-alcohol motifs (C(OH)–C–C–N with tert-alkyl or cyclic N) is 1. The maximum absolute atomic E-state index is 12.9. The van der Waals surface area contributed by atoms with Crippen molar-refractivity contribution < 1.29 is 9.90 Å². The van der Waals surface area contributed by atoms with Crippen molar-refractivity contribution in [2.45, 2.75) is 38.3 Å². The molecule has 10 heteroatoms. The van der Waals surface area contributed by atoms with Crippen molar-refractivity contribution in [1.82, 2.24) is 30.4 Å². The Morgan fingerprint density at radius 2 is 2.19 bits per heavy atom. The molecule has 4 heterocycles. The van der Waals surface area contributed by atoms with Crippen LogP contribution in [0.1, 0.15) is 42.6 Å². The molecule has 0 aliphatic carbocycles. The summed E-state index contributed by atoms with van der Waals surface area (Å²) < 4.78 is 1.58. The molecule has 0 spiro atoms. The predicted octanol–water partition coefficient (Wildman–Crippen LogP) is 1.35. The summed E-state index contributed by atoms with van der Waals surface area (Å²) in [5, 5.41) is 33.9. The average molecular weight is 435 g/mol. The molecule has 10 nitrogen and oxygen atoms in total. The molecule has 32 heavy (non-hydrogen) atoms. The van der Waals surface area contributed by atoms with Gasteiger partial charge < -0.3 is 21.1 Å². The number of carbonyl (C=O) groups excluding carboxylic acids is 1. The summed E-state index contributed by atoms with van der Waals surface area (Å²) in [4.78, 5) is 21.6. The molecule has 1 aliphatic heterocycles. The number of nitrogens with one attached hydrogen (secondary N) is 3. The summed E-state index contributed by atoms with van der Waals surface area (Å²) in [6.07, 6.45) is 5.80. The van der Waals surface area contributed by atoms with Crippen molar-refractivity contribution in [3.05, 3.63) is 41.9 Å². The van der Waals surface area contributed by atoms with Crippen LogP contribution in [0.15, 0.2) is 30.7 Å². The number of nitriles is 1. The van der Waals surface area contributed by atoms with Crippen LogP contribution in [0, 0.1) is 11.3 Å². The fourth-order valence-corrected chi connectivity index (χ4v) is 3.77. The Labute approximate surface area is 185 Å². The molecule has 3 aromatic heterocycles. The van der Waals surface area contributed by atoms with E-state index in [-0.39, 0.29) is 11.9 Å². The molecule has 0 radical (unpaired) electrons. The van der Waals surface area contributed by atoms with Gasteiger partial charge in [-0.2, -0.15) is 15.0 Å². The van der Waals surface area contributed by atoms with E-state index in [0.29, 0.717) is 54.2 Å². The Morgan fingerprint density at radius 3 is 2.91 bits per heavy atom. The number of pyridine rings is 2. The largest absolute Gasteiger partial charge is 0.388 e. The number of anilines is 1. The van der Waals surface area contributed by atoms with Gasteiger partial charge in [-0.15, -0.1) is 0 Å². The lowest BCUT2D eigenvalue weighted by Crippen LogP contribution is -2.37. The third-order valence-electron chi connectivity index (χ3n) is 5.43. The number of hydrogen-bond acceptors (Lipinski definition) is 8. The van der Waals surface area contributed by atoms with Gasteiger partial charge >= 0.3 is 0 Å². The quantitative estimate of drug-likeness (QED) is 0.437. The zero-order valence-electron chi connectivity index (χ0n) is 18.1. The van der Waals surface area contributed by atoms with E-state index in [0.717, 1.165) is 11.9 Å². The first kappa shape index (κ1) is 21.7. The molecule has 0 aromatic carbocycles. The number of fused-ring (bicyclic) bond motifs is 1. The van der Waals surface area contributed by atoms with Crippen molar-refractivity contribution in [2.24, 2.45) is 0 Å². The molecular weight excluding hydrogens is 408 g/mol. The van der Waals surface area contributed by atoms with E-state index in [2.05, 4.69) is 37.1 Å². The molecule has 1 saturated heterocycles. The molecular formula is C22H26N8O2. The Balaban J connectivity index is 1.58. The molecule has 0 bridgehead atoms. The third kappa shape index (κ3) is 4.54. The van der Waals surface area contributed by atoms with E-state index in [9.17, 15) is 9.90 Å². The van der Waals surface area contributed by atoms with Crippen molar-refractivity contribution >= 4 is 22.6 Å². The Kier molecular flexibility index (Phi) is 6.03. The second kappa shape index (κ2) is 8.90. The van der Waals surface area contributed by atoms with E-state index in [1.54, 1.807) is 23.0 Å². The smallest absolute Gasteiger partial charge is 0.254 e. The highest BCUT2D eigenvalue weighted by Crippen LogP contribution is 2.23. The van der Waals surface area contributed by atoms with Crippen molar-refractivity contribution in [3.63, 3.8) is 0 Å². The molecule has 1 amide bonds. The third-order valence-corrected chi connectivity index (χ3v) is 5.43. The van der Waals surface area contributed by atoms with Crippen LogP contribution in [-0.2, 0) is 0 Å². The Bertz CT molecular complexity index is 1170. The van der Waals surface area contributed by atoms with Gasteiger partial charge in [0.2, 0.25) is 0 Å². The van der Waals surface area contributed by atoms with E-state index < -0.39 is 5.60 Å². The van der Waals surface area contributed by atoms with Gasteiger partial charge in [0.05, 0.1) is 28.6 Å². The zero-order valence-corrected chi connectivity index (χ0v) is 18.1. The summed E-state index contributed by atoms with van der Waals surface area (Å²) in [5.41, 5.74) is 1.30. The minimum Gasteiger partial charge on any atom is -0.388 e.